The average Bonchev–Trinajstić information content (AvgIpc) is 3.41. The van der Waals surface area contributed by atoms with Crippen LogP contribution in [-0.4, -0.2) is 23.1 Å². The van der Waals surface area contributed by atoms with Gasteiger partial charge < -0.3 is 19.0 Å². The SMILES string of the molecule is C[C@H](OC(=O)c1ccc2noc(-c3ccccc3)c2c1)C(=O)NCc1ccco1. The van der Waals surface area contributed by atoms with Crippen LogP contribution in [0.3, 0.4) is 0 Å². The van der Waals surface area contributed by atoms with E-state index in [-0.39, 0.29) is 6.54 Å². The van der Waals surface area contributed by atoms with Crippen molar-refractivity contribution in [3.63, 3.8) is 0 Å². The Balaban J connectivity index is 1.47. The lowest BCUT2D eigenvalue weighted by atomic mass is 10.1. The molecule has 29 heavy (non-hydrogen) atoms. The Morgan fingerprint density at radius 3 is 2.69 bits per heavy atom. The molecule has 2 aromatic carbocycles. The quantitative estimate of drug-likeness (QED) is 0.501. The summed E-state index contributed by atoms with van der Waals surface area (Å²) in [6.45, 7) is 1.74. The van der Waals surface area contributed by atoms with Crippen molar-refractivity contribution < 1.29 is 23.3 Å². The molecule has 7 nitrogen and oxygen atoms in total. The van der Waals surface area contributed by atoms with Crippen LogP contribution in [0.15, 0.2) is 75.9 Å². The number of esters is 1. The Morgan fingerprint density at radius 1 is 1.10 bits per heavy atom. The molecule has 0 unspecified atom stereocenters. The minimum atomic E-state index is -0.954. The normalized spacial score (nSPS) is 11.9. The minimum absolute atomic E-state index is 0.223. The molecular weight excluding hydrogens is 372 g/mol. The fourth-order valence-corrected chi connectivity index (χ4v) is 2.88. The number of furan rings is 1. The van der Waals surface area contributed by atoms with Crippen molar-refractivity contribution in [2.45, 2.75) is 19.6 Å². The van der Waals surface area contributed by atoms with Crippen LogP contribution < -0.4 is 5.32 Å². The first-order chi connectivity index (χ1) is 14.1. The van der Waals surface area contributed by atoms with E-state index in [4.69, 9.17) is 13.7 Å². The van der Waals surface area contributed by atoms with Crippen LogP contribution in [0.5, 0.6) is 0 Å². The maximum Gasteiger partial charge on any atom is 0.338 e. The summed E-state index contributed by atoms with van der Waals surface area (Å²) in [5.41, 5.74) is 1.79. The van der Waals surface area contributed by atoms with Gasteiger partial charge in [-0.05, 0) is 37.3 Å². The van der Waals surface area contributed by atoms with E-state index in [0.29, 0.717) is 28.0 Å². The van der Waals surface area contributed by atoms with E-state index in [1.165, 1.54) is 13.2 Å². The van der Waals surface area contributed by atoms with Gasteiger partial charge in [0.25, 0.3) is 5.91 Å². The number of carbonyl (C=O) groups is 2. The van der Waals surface area contributed by atoms with E-state index < -0.39 is 18.0 Å². The molecule has 2 heterocycles. The van der Waals surface area contributed by atoms with Crippen molar-refractivity contribution in [1.29, 1.82) is 0 Å². The molecule has 0 bridgehead atoms. The van der Waals surface area contributed by atoms with Crippen LogP contribution in [0.25, 0.3) is 22.2 Å². The van der Waals surface area contributed by atoms with Crippen molar-refractivity contribution in [1.82, 2.24) is 10.5 Å². The molecule has 2 aromatic heterocycles. The van der Waals surface area contributed by atoms with Crippen LogP contribution in [0.4, 0.5) is 0 Å². The molecule has 0 saturated carbocycles. The number of benzene rings is 2. The molecule has 0 saturated heterocycles. The third kappa shape index (κ3) is 4.03. The van der Waals surface area contributed by atoms with E-state index in [2.05, 4.69) is 10.5 Å². The highest BCUT2D eigenvalue weighted by atomic mass is 16.5. The number of ether oxygens (including phenoxy) is 1. The molecule has 0 aliphatic heterocycles. The largest absolute Gasteiger partial charge is 0.467 e. The van der Waals surface area contributed by atoms with Gasteiger partial charge in [-0.1, -0.05) is 35.5 Å². The summed E-state index contributed by atoms with van der Waals surface area (Å²) in [6, 6.07) is 17.9. The average molecular weight is 390 g/mol. The summed E-state index contributed by atoms with van der Waals surface area (Å²) in [7, 11) is 0. The first kappa shape index (κ1) is 18.5. The number of fused-ring (bicyclic) bond motifs is 1. The lowest BCUT2D eigenvalue weighted by Gasteiger charge is -2.13. The van der Waals surface area contributed by atoms with E-state index in [9.17, 15) is 9.59 Å². The van der Waals surface area contributed by atoms with Gasteiger partial charge in [-0.15, -0.1) is 0 Å². The number of nitrogens with one attached hydrogen (secondary N) is 1. The summed E-state index contributed by atoms with van der Waals surface area (Å²) in [4.78, 5) is 24.7. The molecule has 1 N–H and O–H groups in total. The Morgan fingerprint density at radius 2 is 1.93 bits per heavy atom. The second kappa shape index (κ2) is 8.02. The number of amides is 1. The number of carbonyl (C=O) groups excluding carboxylic acids is 2. The molecule has 0 aliphatic carbocycles. The van der Waals surface area contributed by atoms with Crippen molar-refractivity contribution in [2.75, 3.05) is 0 Å². The van der Waals surface area contributed by atoms with Gasteiger partial charge in [0.15, 0.2) is 11.9 Å². The van der Waals surface area contributed by atoms with Gasteiger partial charge in [-0.25, -0.2) is 4.79 Å². The smallest absolute Gasteiger partial charge is 0.338 e. The zero-order chi connectivity index (χ0) is 20.2. The standard InChI is InChI=1S/C22H18N2O5/c1-14(21(25)23-13-17-8-5-11-27-17)28-22(26)16-9-10-19-18(12-16)20(29-24-19)15-6-3-2-4-7-15/h2-12,14H,13H2,1H3,(H,23,25)/t14-/m0/s1. The molecule has 1 atom stereocenters. The van der Waals surface area contributed by atoms with Gasteiger partial charge in [0, 0.05) is 5.56 Å². The predicted molar refractivity (Wildman–Crippen MR) is 105 cm³/mol. The maximum atomic E-state index is 12.5. The van der Waals surface area contributed by atoms with Crippen LogP contribution >= 0.6 is 0 Å². The lowest BCUT2D eigenvalue weighted by Crippen LogP contribution is -2.35. The van der Waals surface area contributed by atoms with E-state index in [1.807, 2.05) is 30.3 Å². The highest BCUT2D eigenvalue weighted by Crippen LogP contribution is 2.29. The Kier molecular flexibility index (Phi) is 5.11. The number of hydrogen-bond acceptors (Lipinski definition) is 6. The highest BCUT2D eigenvalue weighted by Gasteiger charge is 2.20. The third-order valence-corrected chi connectivity index (χ3v) is 4.42. The summed E-state index contributed by atoms with van der Waals surface area (Å²) in [5, 5.41) is 7.39. The van der Waals surface area contributed by atoms with Gasteiger partial charge in [-0.2, -0.15) is 0 Å². The maximum absolute atomic E-state index is 12.5. The molecule has 4 aromatic rings. The molecule has 0 aliphatic rings. The summed E-state index contributed by atoms with van der Waals surface area (Å²) >= 11 is 0. The van der Waals surface area contributed by atoms with E-state index in [0.717, 1.165) is 5.56 Å². The molecule has 1 amide bonds. The molecular formula is C22H18N2O5. The van der Waals surface area contributed by atoms with Gasteiger partial charge >= 0.3 is 5.97 Å². The van der Waals surface area contributed by atoms with Crippen LogP contribution in [0.1, 0.15) is 23.0 Å². The van der Waals surface area contributed by atoms with Gasteiger partial charge in [0.05, 0.1) is 23.8 Å². The fraction of sp³-hybridized carbons (Fsp3) is 0.136. The lowest BCUT2D eigenvalue weighted by molar-refractivity contribution is -0.129. The molecule has 0 radical (unpaired) electrons. The molecule has 4 rings (SSSR count). The van der Waals surface area contributed by atoms with E-state index >= 15 is 0 Å². The van der Waals surface area contributed by atoms with E-state index in [1.54, 1.807) is 30.3 Å². The topological polar surface area (TPSA) is 94.6 Å². The van der Waals surface area contributed by atoms with Gasteiger partial charge in [0.2, 0.25) is 0 Å². The summed E-state index contributed by atoms with van der Waals surface area (Å²) < 4.78 is 15.9. The summed E-state index contributed by atoms with van der Waals surface area (Å²) in [6.07, 6.45) is 0.569. The second-order valence-electron chi connectivity index (χ2n) is 6.45. The second-order valence-corrected chi connectivity index (χ2v) is 6.45. The van der Waals surface area contributed by atoms with Crippen LogP contribution in [-0.2, 0) is 16.1 Å². The molecule has 0 fully saturated rings. The zero-order valence-corrected chi connectivity index (χ0v) is 15.6. The molecule has 7 heteroatoms. The number of aromatic nitrogens is 1. The van der Waals surface area contributed by atoms with Crippen molar-refractivity contribution in [2.24, 2.45) is 0 Å². The van der Waals surface area contributed by atoms with Crippen LogP contribution in [0.2, 0.25) is 0 Å². The summed E-state index contributed by atoms with van der Waals surface area (Å²) in [5.74, 6) is 0.168. The van der Waals surface area contributed by atoms with Gasteiger partial charge in [0.1, 0.15) is 11.3 Å². The van der Waals surface area contributed by atoms with Crippen molar-refractivity contribution >= 4 is 22.8 Å². The number of nitrogens with zero attached hydrogens (tertiary/aromatic N) is 1. The van der Waals surface area contributed by atoms with Gasteiger partial charge in [-0.3, -0.25) is 4.79 Å². The first-order valence-corrected chi connectivity index (χ1v) is 9.08. The minimum Gasteiger partial charge on any atom is -0.467 e. The zero-order valence-electron chi connectivity index (χ0n) is 15.6. The number of rotatable bonds is 6. The molecule has 0 spiro atoms. The first-order valence-electron chi connectivity index (χ1n) is 9.08. The fourth-order valence-electron chi connectivity index (χ4n) is 2.88. The molecule has 146 valence electrons. The third-order valence-electron chi connectivity index (χ3n) is 4.42. The van der Waals surface area contributed by atoms with Crippen molar-refractivity contribution in [3.05, 3.63) is 78.3 Å². The Bertz CT molecular complexity index is 1130. The monoisotopic (exact) mass is 390 g/mol. The highest BCUT2D eigenvalue weighted by molar-refractivity contribution is 5.99. The Labute approximate surface area is 166 Å². The predicted octanol–water partition coefficient (Wildman–Crippen LogP) is 3.95. The van der Waals surface area contributed by atoms with Crippen molar-refractivity contribution in [3.8, 4) is 11.3 Å². The van der Waals surface area contributed by atoms with Crippen LogP contribution in [0, 0.1) is 0 Å². The number of hydrogen-bond donors (Lipinski definition) is 1. The Hall–Kier alpha value is -3.87.